The summed E-state index contributed by atoms with van der Waals surface area (Å²) in [5.41, 5.74) is 0.519. The molecule has 2 heterocycles. The number of aromatic amines is 1. The highest BCUT2D eigenvalue weighted by Gasteiger charge is 2.19. The molecule has 0 aliphatic rings. The number of rotatable bonds is 1. The van der Waals surface area contributed by atoms with E-state index in [2.05, 4.69) is 21.0 Å². The molecule has 0 radical (unpaired) electrons. The van der Waals surface area contributed by atoms with Gasteiger partial charge in [-0.2, -0.15) is 15.2 Å². The fourth-order valence-electron chi connectivity index (χ4n) is 1.43. The van der Waals surface area contributed by atoms with Crippen LogP contribution in [0, 0.1) is 11.3 Å². The van der Waals surface area contributed by atoms with E-state index in [0.717, 1.165) is 0 Å². The second kappa shape index (κ2) is 3.90. The number of aromatic nitrogens is 3. The quantitative estimate of drug-likeness (QED) is 0.790. The van der Waals surface area contributed by atoms with E-state index in [1.165, 1.54) is 0 Å². The van der Waals surface area contributed by atoms with Crippen molar-refractivity contribution in [2.75, 3.05) is 0 Å². The number of fused-ring (bicyclic) bond motifs is 1. The smallest absolute Gasteiger partial charge is 0.229 e. The van der Waals surface area contributed by atoms with Crippen molar-refractivity contribution >= 4 is 22.6 Å². The lowest BCUT2D eigenvalue weighted by atomic mass is 10.2. The van der Waals surface area contributed by atoms with Gasteiger partial charge in [0.05, 0.1) is 10.9 Å². The zero-order chi connectivity index (χ0) is 12.6. The zero-order valence-corrected chi connectivity index (χ0v) is 10.5. The maximum Gasteiger partial charge on any atom is 0.229 e. The number of halogens is 1. The van der Waals surface area contributed by atoms with Gasteiger partial charge >= 0.3 is 0 Å². The zero-order valence-electron chi connectivity index (χ0n) is 9.71. The number of hydrogen-bond acceptors (Lipinski definition) is 4. The van der Waals surface area contributed by atoms with Crippen molar-refractivity contribution in [3.63, 3.8) is 0 Å². The highest BCUT2D eigenvalue weighted by atomic mass is 35.5. The predicted molar refractivity (Wildman–Crippen MR) is 64.0 cm³/mol. The van der Waals surface area contributed by atoms with Gasteiger partial charge in [-0.25, -0.2) is 0 Å². The van der Waals surface area contributed by atoms with Gasteiger partial charge < -0.3 is 9.72 Å². The van der Waals surface area contributed by atoms with Crippen LogP contribution in [0.5, 0.6) is 5.88 Å². The minimum atomic E-state index is -0.422. The topological polar surface area (TPSA) is 74.6 Å². The minimum Gasteiger partial charge on any atom is -0.471 e. The number of nitrogens with zero attached hydrogens (tertiary/aromatic N) is 3. The van der Waals surface area contributed by atoms with Crippen LogP contribution in [-0.2, 0) is 0 Å². The van der Waals surface area contributed by atoms with Crippen molar-refractivity contribution in [3.8, 4) is 11.9 Å². The molecule has 0 aliphatic carbocycles. The number of hydrogen-bond donors (Lipinski definition) is 1. The van der Waals surface area contributed by atoms with Gasteiger partial charge in [0.25, 0.3) is 0 Å². The molecule has 5 nitrogen and oxygen atoms in total. The van der Waals surface area contributed by atoms with Crippen LogP contribution in [0.25, 0.3) is 11.0 Å². The summed E-state index contributed by atoms with van der Waals surface area (Å²) in [6, 6.07) is 2.06. The summed E-state index contributed by atoms with van der Waals surface area (Å²) in [4.78, 5) is 10.9. The normalized spacial score (nSPS) is 11.5. The van der Waals surface area contributed by atoms with Crippen LogP contribution in [0.4, 0.5) is 0 Å². The van der Waals surface area contributed by atoms with Gasteiger partial charge in [0.15, 0.2) is 0 Å². The predicted octanol–water partition coefficient (Wildman–Crippen LogP) is 2.66. The lowest BCUT2D eigenvalue weighted by Crippen LogP contribution is -2.23. The summed E-state index contributed by atoms with van der Waals surface area (Å²) in [5.74, 6) is 0.324. The molecule has 0 aliphatic heterocycles. The van der Waals surface area contributed by atoms with Gasteiger partial charge in [0, 0.05) is 6.20 Å². The second-order valence-corrected chi connectivity index (χ2v) is 4.89. The second-order valence-electron chi connectivity index (χ2n) is 4.55. The number of ether oxygens (including phenoxy) is 1. The van der Waals surface area contributed by atoms with Gasteiger partial charge in [-0.05, 0) is 32.4 Å². The van der Waals surface area contributed by atoms with E-state index in [-0.39, 0.29) is 5.28 Å². The molecule has 0 saturated heterocycles. The van der Waals surface area contributed by atoms with E-state index < -0.39 is 5.60 Å². The average molecular weight is 251 g/mol. The van der Waals surface area contributed by atoms with Gasteiger partial charge in [-0.3, -0.25) is 0 Å². The summed E-state index contributed by atoms with van der Waals surface area (Å²) in [6.45, 7) is 5.69. The third-order valence-corrected chi connectivity index (χ3v) is 2.16. The molecule has 2 aromatic heterocycles. The molecule has 17 heavy (non-hydrogen) atoms. The van der Waals surface area contributed by atoms with Crippen molar-refractivity contribution in [2.24, 2.45) is 0 Å². The highest BCUT2D eigenvalue weighted by Crippen LogP contribution is 2.29. The Morgan fingerprint density at radius 3 is 2.71 bits per heavy atom. The summed E-state index contributed by atoms with van der Waals surface area (Å²) in [7, 11) is 0. The average Bonchev–Trinajstić information content (AvgIpc) is 2.57. The summed E-state index contributed by atoms with van der Waals surface area (Å²) < 4.78 is 5.69. The molecule has 2 aromatic rings. The standard InChI is InChI=1S/C11H11ClN4O/c1-11(2,3)17-9-7-6(4-13)5-14-8(7)15-10(12)16-9/h5H,1-3H3,(H,14,15,16). The Bertz CT molecular complexity index is 606. The van der Waals surface area contributed by atoms with Gasteiger partial charge in [0.1, 0.15) is 17.3 Å². The number of H-pyrrole nitrogens is 1. The van der Waals surface area contributed by atoms with Crippen molar-refractivity contribution < 1.29 is 4.74 Å². The molecule has 0 amide bonds. The third-order valence-electron chi connectivity index (χ3n) is 1.99. The van der Waals surface area contributed by atoms with Crippen LogP contribution in [-0.4, -0.2) is 20.6 Å². The van der Waals surface area contributed by atoms with Crippen LogP contribution in [0.15, 0.2) is 6.20 Å². The van der Waals surface area contributed by atoms with Gasteiger partial charge in [-0.1, -0.05) is 0 Å². The fraction of sp³-hybridized carbons (Fsp3) is 0.364. The van der Waals surface area contributed by atoms with E-state index in [9.17, 15) is 0 Å². The molecule has 88 valence electrons. The van der Waals surface area contributed by atoms with E-state index >= 15 is 0 Å². The first kappa shape index (κ1) is 11.7. The minimum absolute atomic E-state index is 0.0862. The molecule has 0 spiro atoms. The lowest BCUT2D eigenvalue weighted by molar-refractivity contribution is 0.126. The SMILES string of the molecule is CC(C)(C)Oc1nc(Cl)nc2[nH]cc(C#N)c12. The maximum atomic E-state index is 9.00. The Morgan fingerprint density at radius 1 is 1.41 bits per heavy atom. The highest BCUT2D eigenvalue weighted by molar-refractivity contribution is 6.28. The largest absolute Gasteiger partial charge is 0.471 e. The molecule has 0 unspecified atom stereocenters. The third kappa shape index (κ3) is 2.32. The molecule has 1 N–H and O–H groups in total. The molecule has 0 bridgehead atoms. The first-order chi connectivity index (χ1) is 7.90. The molecule has 2 rings (SSSR count). The number of nitriles is 1. The molecule has 6 heteroatoms. The molecule has 0 aromatic carbocycles. The van der Waals surface area contributed by atoms with E-state index in [1.807, 2.05) is 20.8 Å². The van der Waals surface area contributed by atoms with Crippen LogP contribution >= 0.6 is 11.6 Å². The molecular formula is C11H11ClN4O. The van der Waals surface area contributed by atoms with Crippen LogP contribution in [0.1, 0.15) is 26.3 Å². The Kier molecular flexibility index (Phi) is 2.68. The van der Waals surface area contributed by atoms with E-state index in [4.69, 9.17) is 21.6 Å². The van der Waals surface area contributed by atoms with E-state index in [0.29, 0.717) is 22.5 Å². The van der Waals surface area contributed by atoms with Gasteiger partial charge in [0.2, 0.25) is 11.2 Å². The fourth-order valence-corrected chi connectivity index (χ4v) is 1.59. The van der Waals surface area contributed by atoms with E-state index in [1.54, 1.807) is 6.20 Å². The molecule has 0 fully saturated rings. The monoisotopic (exact) mass is 250 g/mol. The van der Waals surface area contributed by atoms with Crippen molar-refractivity contribution in [1.29, 1.82) is 5.26 Å². The Labute approximate surface area is 103 Å². The Balaban J connectivity index is 2.67. The molecule has 0 atom stereocenters. The number of nitrogens with one attached hydrogen (secondary N) is 1. The molecular weight excluding hydrogens is 240 g/mol. The first-order valence-corrected chi connectivity index (χ1v) is 5.42. The van der Waals surface area contributed by atoms with Crippen LogP contribution in [0.2, 0.25) is 5.28 Å². The Morgan fingerprint density at radius 2 is 2.12 bits per heavy atom. The summed E-state index contributed by atoms with van der Waals surface area (Å²) >= 11 is 5.80. The van der Waals surface area contributed by atoms with Gasteiger partial charge in [-0.15, -0.1) is 0 Å². The van der Waals surface area contributed by atoms with Crippen molar-refractivity contribution in [1.82, 2.24) is 15.0 Å². The Hall–Kier alpha value is -1.80. The summed E-state index contributed by atoms with van der Waals surface area (Å²) in [6.07, 6.45) is 1.56. The summed E-state index contributed by atoms with van der Waals surface area (Å²) in [5, 5.41) is 9.65. The maximum absolute atomic E-state index is 9.00. The first-order valence-electron chi connectivity index (χ1n) is 5.04. The van der Waals surface area contributed by atoms with Crippen LogP contribution < -0.4 is 4.74 Å². The van der Waals surface area contributed by atoms with Crippen molar-refractivity contribution in [3.05, 3.63) is 17.0 Å². The van der Waals surface area contributed by atoms with Crippen molar-refractivity contribution in [2.45, 2.75) is 26.4 Å². The molecule has 0 saturated carbocycles. The lowest BCUT2D eigenvalue weighted by Gasteiger charge is -2.20. The van der Waals surface area contributed by atoms with Crippen LogP contribution in [0.3, 0.4) is 0 Å².